The molecule has 244 valence electrons. The number of aryl methyl sites for hydroxylation is 2. The van der Waals surface area contributed by atoms with Crippen molar-refractivity contribution in [2.75, 3.05) is 26.2 Å². The van der Waals surface area contributed by atoms with Crippen molar-refractivity contribution in [3.8, 4) is 0 Å². The predicted octanol–water partition coefficient (Wildman–Crippen LogP) is 7.29. The standard InChI is InChI=1S/C34H43Br2ClN4O4/c1-19(2)34(20(3)4,39-33(44)45)32(43)41-10-7-21(18-41)13-28(42)40-11-8-22(9-12-40)30-29-23(15-26(37)16-27(29)36)5-6-24-14-25(35)17-38-31(24)30/h14-17,19-22,30,39H,5-13,18H2,1-4H3,(H,44,45)/t21?,30-/m0/s1. The molecule has 2 N–H and O–H groups in total. The number of pyridine rings is 1. The highest BCUT2D eigenvalue weighted by Gasteiger charge is 2.49. The molecule has 1 unspecified atom stereocenters. The minimum absolute atomic E-state index is 0.0602. The monoisotopic (exact) mass is 764 g/mol. The summed E-state index contributed by atoms with van der Waals surface area (Å²) in [4.78, 5) is 47.7. The van der Waals surface area contributed by atoms with E-state index in [1.807, 2.05) is 44.9 Å². The third-order valence-corrected chi connectivity index (χ3v) is 11.6. The van der Waals surface area contributed by atoms with Crippen molar-refractivity contribution in [1.82, 2.24) is 20.1 Å². The maximum absolute atomic E-state index is 13.8. The van der Waals surface area contributed by atoms with Crippen LogP contribution in [-0.4, -0.2) is 69.5 Å². The summed E-state index contributed by atoms with van der Waals surface area (Å²) in [5, 5.41) is 12.8. The van der Waals surface area contributed by atoms with Gasteiger partial charge < -0.3 is 20.2 Å². The fourth-order valence-corrected chi connectivity index (χ4v) is 9.51. The quantitative estimate of drug-likeness (QED) is 0.309. The molecule has 3 amide bonds. The van der Waals surface area contributed by atoms with Crippen LogP contribution in [0.5, 0.6) is 0 Å². The number of piperidine rings is 1. The van der Waals surface area contributed by atoms with Crippen molar-refractivity contribution in [2.24, 2.45) is 23.7 Å². The lowest BCUT2D eigenvalue weighted by Gasteiger charge is -2.42. The van der Waals surface area contributed by atoms with Gasteiger partial charge >= 0.3 is 6.09 Å². The molecular formula is C34H43Br2ClN4O4. The van der Waals surface area contributed by atoms with Gasteiger partial charge in [-0.15, -0.1) is 0 Å². The number of nitrogens with one attached hydrogen (secondary N) is 1. The fraction of sp³-hybridized carbons (Fsp3) is 0.588. The molecule has 2 atom stereocenters. The van der Waals surface area contributed by atoms with E-state index in [2.05, 4.69) is 49.3 Å². The summed E-state index contributed by atoms with van der Waals surface area (Å²) in [7, 11) is 0. The van der Waals surface area contributed by atoms with Gasteiger partial charge in [-0.05, 0) is 107 Å². The lowest BCUT2D eigenvalue weighted by molar-refractivity contribution is -0.142. The molecule has 2 aliphatic heterocycles. The minimum Gasteiger partial charge on any atom is -0.465 e. The average Bonchev–Trinajstić information content (AvgIpc) is 3.37. The molecule has 0 radical (unpaired) electrons. The van der Waals surface area contributed by atoms with Crippen LogP contribution in [0.15, 0.2) is 33.3 Å². The van der Waals surface area contributed by atoms with E-state index in [1.165, 1.54) is 16.7 Å². The van der Waals surface area contributed by atoms with Gasteiger partial charge in [0.1, 0.15) is 5.54 Å². The van der Waals surface area contributed by atoms with Crippen LogP contribution >= 0.6 is 43.5 Å². The summed E-state index contributed by atoms with van der Waals surface area (Å²) in [5.74, 6) is 0.0113. The normalized spacial score (nSPS) is 20.6. The van der Waals surface area contributed by atoms with Gasteiger partial charge in [-0.25, -0.2) is 4.79 Å². The molecule has 0 spiro atoms. The molecule has 3 aliphatic rings. The Morgan fingerprint density at radius 2 is 1.64 bits per heavy atom. The molecule has 3 heterocycles. The third kappa shape index (κ3) is 6.93. The van der Waals surface area contributed by atoms with E-state index in [1.54, 1.807) is 4.90 Å². The molecule has 1 aliphatic carbocycles. The van der Waals surface area contributed by atoms with E-state index in [0.29, 0.717) is 38.5 Å². The van der Waals surface area contributed by atoms with E-state index in [0.717, 1.165) is 51.8 Å². The largest absolute Gasteiger partial charge is 0.465 e. The van der Waals surface area contributed by atoms with Crippen molar-refractivity contribution in [2.45, 2.75) is 77.7 Å². The van der Waals surface area contributed by atoms with E-state index in [9.17, 15) is 19.5 Å². The van der Waals surface area contributed by atoms with Crippen LogP contribution in [0.3, 0.4) is 0 Å². The predicted molar refractivity (Wildman–Crippen MR) is 183 cm³/mol. The first-order chi connectivity index (χ1) is 21.3. The zero-order valence-electron chi connectivity index (χ0n) is 26.4. The SMILES string of the molecule is CC(C)C(NC(=O)O)(C(=O)N1CCC(CC(=O)N2CCC([C@@H]3c4ncc(Br)cc4CCc4cc(Cl)cc(Br)c43)CC2)C1)C(C)C. The van der Waals surface area contributed by atoms with E-state index < -0.39 is 11.6 Å². The number of aromatic nitrogens is 1. The molecule has 8 nitrogen and oxygen atoms in total. The molecule has 2 fully saturated rings. The second kappa shape index (κ2) is 13.9. The molecule has 0 saturated carbocycles. The lowest BCUT2D eigenvalue weighted by atomic mass is 9.75. The van der Waals surface area contributed by atoms with Gasteiger partial charge in [-0.3, -0.25) is 14.6 Å². The number of nitrogens with zero attached hydrogens (tertiary/aromatic N) is 3. The number of hydrogen-bond donors (Lipinski definition) is 2. The lowest BCUT2D eigenvalue weighted by Crippen LogP contribution is -2.65. The van der Waals surface area contributed by atoms with Gasteiger partial charge in [-0.2, -0.15) is 0 Å². The second-order valence-corrected chi connectivity index (χ2v) is 15.8. The summed E-state index contributed by atoms with van der Waals surface area (Å²) in [5.41, 5.74) is 3.70. The summed E-state index contributed by atoms with van der Waals surface area (Å²) < 4.78 is 2.00. The number of carbonyl (C=O) groups excluding carboxylic acids is 2. The van der Waals surface area contributed by atoms with Gasteiger partial charge in [0, 0.05) is 58.7 Å². The molecule has 1 aromatic carbocycles. The number of rotatable bonds is 7. The molecule has 0 bridgehead atoms. The first-order valence-corrected chi connectivity index (χ1v) is 18.0. The topological polar surface area (TPSA) is 103 Å². The first-order valence-electron chi connectivity index (χ1n) is 16.0. The molecule has 45 heavy (non-hydrogen) atoms. The highest BCUT2D eigenvalue weighted by atomic mass is 79.9. The van der Waals surface area contributed by atoms with Gasteiger partial charge in [0.15, 0.2) is 0 Å². The Labute approximate surface area is 287 Å². The molecule has 1 aromatic heterocycles. The molecular weight excluding hydrogens is 724 g/mol. The summed E-state index contributed by atoms with van der Waals surface area (Å²) in [6, 6.07) is 6.26. The molecule has 2 aromatic rings. The summed E-state index contributed by atoms with van der Waals surface area (Å²) in [6.07, 6.45) is 5.38. The van der Waals surface area contributed by atoms with Crippen molar-refractivity contribution in [1.29, 1.82) is 0 Å². The van der Waals surface area contributed by atoms with Crippen LogP contribution in [0.2, 0.25) is 5.02 Å². The van der Waals surface area contributed by atoms with Crippen LogP contribution in [0.1, 0.15) is 81.7 Å². The Hall–Kier alpha value is -2.17. The number of hydrogen-bond acceptors (Lipinski definition) is 4. The van der Waals surface area contributed by atoms with Crippen LogP contribution in [0.25, 0.3) is 0 Å². The van der Waals surface area contributed by atoms with Crippen molar-refractivity contribution in [3.05, 3.63) is 60.7 Å². The van der Waals surface area contributed by atoms with E-state index >= 15 is 0 Å². The number of fused-ring (bicyclic) bond motifs is 2. The number of benzene rings is 1. The number of carbonyl (C=O) groups is 3. The summed E-state index contributed by atoms with van der Waals surface area (Å²) in [6.45, 7) is 9.89. The average molecular weight is 767 g/mol. The second-order valence-electron chi connectivity index (χ2n) is 13.6. The Bertz CT molecular complexity index is 1450. The highest BCUT2D eigenvalue weighted by Crippen LogP contribution is 2.46. The molecule has 2 saturated heterocycles. The van der Waals surface area contributed by atoms with Gasteiger partial charge in [0.25, 0.3) is 0 Å². The maximum Gasteiger partial charge on any atom is 0.405 e. The van der Waals surface area contributed by atoms with Crippen LogP contribution < -0.4 is 5.32 Å². The van der Waals surface area contributed by atoms with Crippen LogP contribution in [-0.2, 0) is 22.4 Å². The smallest absolute Gasteiger partial charge is 0.405 e. The number of carboxylic acid groups (broad SMARTS) is 1. The van der Waals surface area contributed by atoms with Crippen LogP contribution in [0, 0.1) is 23.7 Å². The Morgan fingerprint density at radius 3 is 2.29 bits per heavy atom. The molecule has 11 heteroatoms. The van der Waals surface area contributed by atoms with Crippen LogP contribution in [0.4, 0.5) is 4.79 Å². The Morgan fingerprint density at radius 1 is 1.00 bits per heavy atom. The first kappa shape index (κ1) is 34.2. The Kier molecular flexibility index (Phi) is 10.6. The molecule has 5 rings (SSSR count). The summed E-state index contributed by atoms with van der Waals surface area (Å²) >= 11 is 13.9. The highest BCUT2D eigenvalue weighted by molar-refractivity contribution is 9.10. The van der Waals surface area contributed by atoms with Gasteiger partial charge in [-0.1, -0.05) is 55.2 Å². The van der Waals surface area contributed by atoms with Crippen molar-refractivity contribution in [3.63, 3.8) is 0 Å². The zero-order valence-corrected chi connectivity index (χ0v) is 30.3. The maximum atomic E-state index is 13.8. The fourth-order valence-electron chi connectivity index (χ4n) is 8.01. The van der Waals surface area contributed by atoms with Gasteiger partial charge in [0.2, 0.25) is 11.8 Å². The van der Waals surface area contributed by atoms with Crippen molar-refractivity contribution >= 4 is 61.4 Å². The zero-order chi connectivity index (χ0) is 32.6. The Balaban J connectivity index is 1.25. The number of halogens is 3. The third-order valence-electron chi connectivity index (χ3n) is 10.3. The van der Waals surface area contributed by atoms with Gasteiger partial charge in [0.05, 0.1) is 5.69 Å². The van der Waals surface area contributed by atoms with Crippen molar-refractivity contribution < 1.29 is 19.5 Å². The van der Waals surface area contributed by atoms with E-state index in [-0.39, 0.29) is 35.5 Å². The number of likely N-dealkylation sites (tertiary alicyclic amines) is 2. The van der Waals surface area contributed by atoms with E-state index in [4.69, 9.17) is 16.6 Å². The number of amides is 3. The minimum atomic E-state index is -1.20.